The first-order chi connectivity index (χ1) is 20.3. The monoisotopic (exact) mass is 541 g/mol. The van der Waals surface area contributed by atoms with Crippen LogP contribution in [0.2, 0.25) is 0 Å². The Morgan fingerprint density at radius 3 is 1.54 bits per heavy atom. The third-order valence-corrected chi connectivity index (χ3v) is 8.76. The van der Waals surface area contributed by atoms with Crippen LogP contribution in [0.15, 0.2) is 140 Å². The van der Waals surface area contributed by atoms with Gasteiger partial charge >= 0.3 is 0 Å². The third-order valence-electron chi connectivity index (χ3n) is 7.54. The molecule has 0 atom stereocenters. The van der Waals surface area contributed by atoms with Crippen molar-refractivity contribution in [2.75, 3.05) is 0 Å². The van der Waals surface area contributed by atoms with Crippen molar-refractivity contribution in [1.82, 2.24) is 15.0 Å². The molecular weight excluding hydrogens is 518 g/mol. The molecule has 0 aliphatic heterocycles. The van der Waals surface area contributed by atoms with Crippen LogP contribution in [0, 0.1) is 0 Å². The SMILES string of the molecule is c1ccc(-c2nc(-c3ccccc3)nc(-c3ccc(-c4ccc5ccc6c7ccccc7sc6c5c4)cc3)n2)cc1. The molecule has 0 fully saturated rings. The van der Waals surface area contributed by atoms with Crippen LogP contribution in [0.5, 0.6) is 0 Å². The molecule has 0 saturated heterocycles. The minimum Gasteiger partial charge on any atom is -0.208 e. The third kappa shape index (κ3) is 4.26. The highest BCUT2D eigenvalue weighted by Gasteiger charge is 2.13. The Labute approximate surface area is 241 Å². The van der Waals surface area contributed by atoms with Gasteiger partial charge in [0.2, 0.25) is 0 Å². The van der Waals surface area contributed by atoms with Gasteiger partial charge < -0.3 is 0 Å². The van der Waals surface area contributed by atoms with Crippen molar-refractivity contribution in [3.8, 4) is 45.3 Å². The van der Waals surface area contributed by atoms with E-state index in [4.69, 9.17) is 15.0 Å². The van der Waals surface area contributed by atoms with Gasteiger partial charge in [-0.25, -0.2) is 15.0 Å². The Morgan fingerprint density at radius 1 is 0.366 bits per heavy atom. The van der Waals surface area contributed by atoms with Gasteiger partial charge in [-0.05, 0) is 28.6 Å². The van der Waals surface area contributed by atoms with Gasteiger partial charge in [0.25, 0.3) is 0 Å². The van der Waals surface area contributed by atoms with Gasteiger partial charge in [-0.3, -0.25) is 0 Å². The molecule has 0 spiro atoms. The standard InChI is InChI=1S/C37H23N3S/c1-3-9-26(10-4-1)35-38-36(27-11-5-2-6-12-27)40-37(39-35)28-18-15-24(16-19-28)29-20-17-25-21-22-31-30-13-7-8-14-33(30)41-34(31)32(25)23-29/h1-23H. The van der Waals surface area contributed by atoms with Crippen LogP contribution in [0.25, 0.3) is 76.2 Å². The fraction of sp³-hybridized carbons (Fsp3) is 0. The lowest BCUT2D eigenvalue weighted by Crippen LogP contribution is -2.00. The number of thiophene rings is 1. The maximum absolute atomic E-state index is 4.88. The Balaban J connectivity index is 1.21. The average Bonchev–Trinajstić information content (AvgIpc) is 3.45. The van der Waals surface area contributed by atoms with Gasteiger partial charge in [-0.15, -0.1) is 11.3 Å². The average molecular weight is 542 g/mol. The summed E-state index contributed by atoms with van der Waals surface area (Å²) in [5.41, 5.74) is 5.24. The highest BCUT2D eigenvalue weighted by Crippen LogP contribution is 2.39. The number of aromatic nitrogens is 3. The maximum atomic E-state index is 4.88. The molecule has 4 heteroatoms. The minimum absolute atomic E-state index is 0.662. The molecule has 0 amide bonds. The predicted octanol–water partition coefficient (Wildman–Crippen LogP) is 10.1. The van der Waals surface area contributed by atoms with Crippen molar-refractivity contribution in [3.05, 3.63) is 140 Å². The lowest BCUT2D eigenvalue weighted by Gasteiger charge is -2.09. The number of benzene rings is 6. The van der Waals surface area contributed by atoms with E-state index in [-0.39, 0.29) is 0 Å². The van der Waals surface area contributed by atoms with Crippen LogP contribution in [0.4, 0.5) is 0 Å². The molecule has 8 rings (SSSR count). The highest BCUT2D eigenvalue weighted by molar-refractivity contribution is 7.26. The second-order valence-electron chi connectivity index (χ2n) is 10.1. The van der Waals surface area contributed by atoms with Gasteiger partial charge in [-0.1, -0.05) is 127 Å². The van der Waals surface area contributed by atoms with Crippen LogP contribution >= 0.6 is 11.3 Å². The lowest BCUT2D eigenvalue weighted by molar-refractivity contribution is 1.07. The zero-order valence-electron chi connectivity index (χ0n) is 22.0. The van der Waals surface area contributed by atoms with E-state index in [1.807, 2.05) is 72.0 Å². The number of hydrogen-bond donors (Lipinski definition) is 0. The van der Waals surface area contributed by atoms with Crippen LogP contribution in [-0.4, -0.2) is 15.0 Å². The van der Waals surface area contributed by atoms with E-state index in [9.17, 15) is 0 Å². The molecule has 0 aliphatic rings. The van der Waals surface area contributed by atoms with E-state index in [0.717, 1.165) is 22.3 Å². The summed E-state index contributed by atoms with van der Waals surface area (Å²) >= 11 is 1.87. The molecule has 0 aliphatic carbocycles. The quantitative estimate of drug-likeness (QED) is 0.222. The summed E-state index contributed by atoms with van der Waals surface area (Å²) in [6, 6.07) is 48.6. The molecule has 2 aromatic heterocycles. The molecule has 0 radical (unpaired) electrons. The summed E-state index contributed by atoms with van der Waals surface area (Å²) < 4.78 is 2.67. The molecule has 0 N–H and O–H groups in total. The molecule has 0 saturated carbocycles. The highest BCUT2D eigenvalue weighted by atomic mass is 32.1. The summed E-state index contributed by atoms with van der Waals surface area (Å²) in [5.74, 6) is 2.00. The van der Waals surface area contributed by atoms with Crippen molar-refractivity contribution < 1.29 is 0 Å². The van der Waals surface area contributed by atoms with Crippen molar-refractivity contribution in [2.24, 2.45) is 0 Å². The van der Waals surface area contributed by atoms with E-state index in [2.05, 4.69) is 78.9 Å². The van der Waals surface area contributed by atoms with Crippen molar-refractivity contribution >= 4 is 42.3 Å². The first kappa shape index (κ1) is 23.7. The maximum Gasteiger partial charge on any atom is 0.164 e. The molecule has 0 bridgehead atoms. The molecule has 0 unspecified atom stereocenters. The Hall–Kier alpha value is -5.19. The van der Waals surface area contributed by atoms with Crippen molar-refractivity contribution in [3.63, 3.8) is 0 Å². The van der Waals surface area contributed by atoms with Crippen molar-refractivity contribution in [1.29, 1.82) is 0 Å². The molecule has 8 aromatic rings. The summed E-state index contributed by atoms with van der Waals surface area (Å²) in [5, 5.41) is 5.20. The summed E-state index contributed by atoms with van der Waals surface area (Å²) in [6.07, 6.45) is 0. The number of rotatable bonds is 4. The first-order valence-electron chi connectivity index (χ1n) is 13.6. The normalized spacial score (nSPS) is 11.4. The molecule has 6 aromatic carbocycles. The minimum atomic E-state index is 0.662. The topological polar surface area (TPSA) is 38.7 Å². The van der Waals surface area contributed by atoms with E-state index in [0.29, 0.717) is 17.5 Å². The van der Waals surface area contributed by atoms with E-state index < -0.39 is 0 Å². The van der Waals surface area contributed by atoms with Crippen LogP contribution < -0.4 is 0 Å². The Kier molecular flexibility index (Phi) is 5.64. The molecule has 2 heterocycles. The second-order valence-corrected chi connectivity index (χ2v) is 11.1. The Bertz CT molecular complexity index is 2130. The number of hydrogen-bond acceptors (Lipinski definition) is 4. The van der Waals surface area contributed by atoms with Crippen LogP contribution in [0.3, 0.4) is 0 Å². The summed E-state index contributed by atoms with van der Waals surface area (Å²) in [6.45, 7) is 0. The van der Waals surface area contributed by atoms with Crippen LogP contribution in [-0.2, 0) is 0 Å². The summed E-state index contributed by atoms with van der Waals surface area (Å²) in [4.78, 5) is 14.6. The van der Waals surface area contributed by atoms with E-state index in [1.165, 1.54) is 36.5 Å². The fourth-order valence-electron chi connectivity index (χ4n) is 5.43. The van der Waals surface area contributed by atoms with Gasteiger partial charge in [0, 0.05) is 42.2 Å². The molecule has 3 nitrogen and oxygen atoms in total. The largest absolute Gasteiger partial charge is 0.208 e. The smallest absolute Gasteiger partial charge is 0.164 e. The van der Waals surface area contributed by atoms with Gasteiger partial charge in [-0.2, -0.15) is 0 Å². The van der Waals surface area contributed by atoms with Crippen LogP contribution in [0.1, 0.15) is 0 Å². The van der Waals surface area contributed by atoms with E-state index >= 15 is 0 Å². The zero-order valence-corrected chi connectivity index (χ0v) is 22.8. The molecular formula is C37H23N3S. The Morgan fingerprint density at radius 2 is 0.878 bits per heavy atom. The molecule has 192 valence electrons. The van der Waals surface area contributed by atoms with Gasteiger partial charge in [0.1, 0.15) is 0 Å². The zero-order chi connectivity index (χ0) is 27.2. The number of nitrogens with zero attached hydrogens (tertiary/aromatic N) is 3. The first-order valence-corrected chi connectivity index (χ1v) is 14.4. The molecule has 41 heavy (non-hydrogen) atoms. The predicted molar refractivity (Wildman–Crippen MR) is 172 cm³/mol. The lowest BCUT2D eigenvalue weighted by atomic mass is 9.99. The summed E-state index contributed by atoms with van der Waals surface area (Å²) in [7, 11) is 0. The van der Waals surface area contributed by atoms with Gasteiger partial charge in [0.05, 0.1) is 0 Å². The second kappa shape index (κ2) is 9.77. The van der Waals surface area contributed by atoms with Crippen molar-refractivity contribution in [2.45, 2.75) is 0 Å². The van der Waals surface area contributed by atoms with Gasteiger partial charge in [0.15, 0.2) is 17.5 Å². The number of fused-ring (bicyclic) bond motifs is 5. The fourth-order valence-corrected chi connectivity index (χ4v) is 6.66. The van der Waals surface area contributed by atoms with E-state index in [1.54, 1.807) is 0 Å².